The molecule has 1 aromatic carbocycles. The highest BCUT2D eigenvalue weighted by Gasteiger charge is 2.19. The minimum absolute atomic E-state index is 0. The predicted molar refractivity (Wildman–Crippen MR) is 85.8 cm³/mol. The van der Waals surface area contributed by atoms with Crippen LogP contribution in [0.25, 0.3) is 0 Å². The summed E-state index contributed by atoms with van der Waals surface area (Å²) in [6.07, 6.45) is 2.28. The first-order chi connectivity index (χ1) is 9.67. The highest BCUT2D eigenvalue weighted by atomic mass is 35.5. The molecule has 5 nitrogen and oxygen atoms in total. The van der Waals surface area contributed by atoms with E-state index in [1.807, 2.05) is 12.1 Å². The van der Waals surface area contributed by atoms with Gasteiger partial charge in [-0.2, -0.15) is 0 Å². The van der Waals surface area contributed by atoms with Gasteiger partial charge in [0.15, 0.2) is 11.5 Å². The van der Waals surface area contributed by atoms with Gasteiger partial charge in [-0.25, -0.2) is 0 Å². The molecule has 0 aromatic heterocycles. The van der Waals surface area contributed by atoms with Gasteiger partial charge in [0.25, 0.3) is 0 Å². The number of piperidine rings is 1. The summed E-state index contributed by atoms with van der Waals surface area (Å²) in [5.41, 5.74) is 7.17. The van der Waals surface area contributed by atoms with Gasteiger partial charge in [-0.3, -0.25) is 4.90 Å². The van der Waals surface area contributed by atoms with E-state index in [2.05, 4.69) is 4.90 Å². The number of hydrogen-bond acceptors (Lipinski definition) is 5. The van der Waals surface area contributed by atoms with Crippen LogP contribution in [0.5, 0.6) is 17.2 Å². The standard InChI is InChI=1S/C15H24N2O3.ClH/c1-18-13-7-11(8-14(19-2)15(13)20-3)9-17-6-4-5-12(16)10-17;/h7-8,12H,4-6,9-10,16H2,1-3H3;1H. The van der Waals surface area contributed by atoms with Crippen molar-refractivity contribution >= 4 is 12.4 Å². The van der Waals surface area contributed by atoms with Crippen molar-refractivity contribution in [2.45, 2.75) is 25.4 Å². The highest BCUT2D eigenvalue weighted by molar-refractivity contribution is 5.85. The van der Waals surface area contributed by atoms with E-state index in [0.29, 0.717) is 17.2 Å². The van der Waals surface area contributed by atoms with Crippen molar-refractivity contribution in [1.29, 1.82) is 0 Å². The first-order valence-corrected chi connectivity index (χ1v) is 6.94. The summed E-state index contributed by atoms with van der Waals surface area (Å²) in [5, 5.41) is 0. The Kier molecular flexibility index (Phi) is 7.08. The molecule has 21 heavy (non-hydrogen) atoms. The first kappa shape index (κ1) is 17.9. The lowest BCUT2D eigenvalue weighted by atomic mass is 10.1. The van der Waals surface area contributed by atoms with E-state index in [9.17, 15) is 0 Å². The zero-order valence-electron chi connectivity index (χ0n) is 12.9. The van der Waals surface area contributed by atoms with Gasteiger partial charge < -0.3 is 19.9 Å². The van der Waals surface area contributed by atoms with Gasteiger partial charge in [-0.1, -0.05) is 0 Å². The van der Waals surface area contributed by atoms with Gasteiger partial charge in [-0.05, 0) is 37.1 Å². The average Bonchev–Trinajstić information content (AvgIpc) is 2.46. The molecule has 1 aliphatic heterocycles. The lowest BCUT2D eigenvalue weighted by Gasteiger charge is -2.30. The predicted octanol–water partition coefficient (Wildman–Crippen LogP) is 2.06. The third-order valence-corrected chi connectivity index (χ3v) is 3.67. The first-order valence-electron chi connectivity index (χ1n) is 6.94. The van der Waals surface area contributed by atoms with Crippen LogP contribution in [0.4, 0.5) is 0 Å². The van der Waals surface area contributed by atoms with Crippen molar-refractivity contribution < 1.29 is 14.2 Å². The molecule has 1 saturated heterocycles. The molecule has 6 heteroatoms. The molecule has 0 spiro atoms. The zero-order valence-corrected chi connectivity index (χ0v) is 13.7. The van der Waals surface area contributed by atoms with Crippen LogP contribution in [0.3, 0.4) is 0 Å². The van der Waals surface area contributed by atoms with Gasteiger partial charge in [0.1, 0.15) is 0 Å². The molecule has 0 amide bonds. The molecule has 1 aliphatic rings. The molecule has 1 aromatic rings. The van der Waals surface area contributed by atoms with E-state index < -0.39 is 0 Å². The van der Waals surface area contributed by atoms with E-state index in [4.69, 9.17) is 19.9 Å². The van der Waals surface area contributed by atoms with Gasteiger partial charge in [-0.15, -0.1) is 12.4 Å². The number of ether oxygens (including phenoxy) is 3. The average molecular weight is 317 g/mol. The minimum Gasteiger partial charge on any atom is -0.493 e. The van der Waals surface area contributed by atoms with Crippen molar-refractivity contribution in [1.82, 2.24) is 4.90 Å². The smallest absolute Gasteiger partial charge is 0.203 e. The molecule has 2 N–H and O–H groups in total. The summed E-state index contributed by atoms with van der Waals surface area (Å²) in [4.78, 5) is 2.37. The Morgan fingerprint density at radius 3 is 2.24 bits per heavy atom. The number of halogens is 1. The number of likely N-dealkylation sites (tertiary alicyclic amines) is 1. The van der Waals surface area contributed by atoms with Crippen molar-refractivity contribution in [3.05, 3.63) is 17.7 Å². The normalized spacial score (nSPS) is 18.8. The largest absolute Gasteiger partial charge is 0.493 e. The van der Waals surface area contributed by atoms with Crippen LogP contribution in [0.2, 0.25) is 0 Å². The van der Waals surface area contributed by atoms with Crippen LogP contribution in [0.15, 0.2) is 12.1 Å². The van der Waals surface area contributed by atoms with Crippen LogP contribution in [-0.4, -0.2) is 45.4 Å². The Morgan fingerprint density at radius 2 is 1.76 bits per heavy atom. The molecule has 1 atom stereocenters. The lowest BCUT2D eigenvalue weighted by Crippen LogP contribution is -2.42. The number of nitrogens with zero attached hydrogens (tertiary/aromatic N) is 1. The summed E-state index contributed by atoms with van der Waals surface area (Å²) in [6.45, 7) is 2.88. The summed E-state index contributed by atoms with van der Waals surface area (Å²) in [5.74, 6) is 2.03. The number of benzene rings is 1. The Hall–Kier alpha value is -1.17. The Balaban J connectivity index is 0.00000220. The molecule has 0 bridgehead atoms. The number of methoxy groups -OCH3 is 3. The molecule has 0 aliphatic carbocycles. The summed E-state index contributed by atoms with van der Waals surface area (Å²) < 4.78 is 16.1. The third kappa shape index (κ3) is 4.40. The topological polar surface area (TPSA) is 57.0 Å². The van der Waals surface area contributed by atoms with Crippen molar-refractivity contribution in [2.75, 3.05) is 34.4 Å². The van der Waals surface area contributed by atoms with E-state index in [0.717, 1.165) is 38.0 Å². The second kappa shape index (κ2) is 8.32. The van der Waals surface area contributed by atoms with Crippen LogP contribution in [0.1, 0.15) is 18.4 Å². The lowest BCUT2D eigenvalue weighted by molar-refractivity contribution is 0.201. The van der Waals surface area contributed by atoms with Crippen LogP contribution < -0.4 is 19.9 Å². The fraction of sp³-hybridized carbons (Fsp3) is 0.600. The van der Waals surface area contributed by atoms with Crippen LogP contribution >= 0.6 is 12.4 Å². The fourth-order valence-corrected chi connectivity index (χ4v) is 2.72. The maximum Gasteiger partial charge on any atom is 0.203 e. The number of nitrogens with two attached hydrogens (primary N) is 1. The summed E-state index contributed by atoms with van der Waals surface area (Å²) in [6, 6.07) is 4.29. The zero-order chi connectivity index (χ0) is 14.5. The fourth-order valence-electron chi connectivity index (χ4n) is 2.72. The Labute approximate surface area is 132 Å². The van der Waals surface area contributed by atoms with Crippen molar-refractivity contribution in [3.63, 3.8) is 0 Å². The molecule has 1 heterocycles. The quantitative estimate of drug-likeness (QED) is 0.901. The molecule has 1 unspecified atom stereocenters. The number of hydrogen-bond donors (Lipinski definition) is 1. The van der Waals surface area contributed by atoms with E-state index >= 15 is 0 Å². The summed E-state index contributed by atoms with van der Waals surface area (Å²) in [7, 11) is 4.89. The molecule has 1 fully saturated rings. The minimum atomic E-state index is 0. The van der Waals surface area contributed by atoms with E-state index in [-0.39, 0.29) is 18.4 Å². The molecule has 2 rings (SSSR count). The van der Waals surface area contributed by atoms with Crippen molar-refractivity contribution in [2.24, 2.45) is 5.73 Å². The van der Waals surface area contributed by atoms with Gasteiger partial charge >= 0.3 is 0 Å². The van der Waals surface area contributed by atoms with Gasteiger partial charge in [0.05, 0.1) is 21.3 Å². The SMILES string of the molecule is COc1cc(CN2CCCC(N)C2)cc(OC)c1OC.Cl. The molecule has 0 radical (unpaired) electrons. The maximum absolute atomic E-state index is 6.03. The third-order valence-electron chi connectivity index (χ3n) is 3.67. The molecular weight excluding hydrogens is 292 g/mol. The Morgan fingerprint density at radius 1 is 1.14 bits per heavy atom. The summed E-state index contributed by atoms with van der Waals surface area (Å²) >= 11 is 0. The monoisotopic (exact) mass is 316 g/mol. The molecular formula is C15H25ClN2O3. The van der Waals surface area contributed by atoms with Gasteiger partial charge in [0.2, 0.25) is 5.75 Å². The molecule has 0 saturated carbocycles. The Bertz CT molecular complexity index is 432. The molecule has 120 valence electrons. The van der Waals surface area contributed by atoms with Crippen LogP contribution in [0, 0.1) is 0 Å². The van der Waals surface area contributed by atoms with E-state index in [1.165, 1.54) is 0 Å². The van der Waals surface area contributed by atoms with E-state index in [1.54, 1.807) is 21.3 Å². The van der Waals surface area contributed by atoms with Crippen molar-refractivity contribution in [3.8, 4) is 17.2 Å². The highest BCUT2D eigenvalue weighted by Crippen LogP contribution is 2.38. The maximum atomic E-state index is 6.03. The number of rotatable bonds is 5. The second-order valence-electron chi connectivity index (χ2n) is 5.17. The van der Waals surface area contributed by atoms with Crippen LogP contribution in [-0.2, 0) is 6.54 Å². The second-order valence-corrected chi connectivity index (χ2v) is 5.17. The van der Waals surface area contributed by atoms with Gasteiger partial charge in [0, 0.05) is 19.1 Å².